The summed E-state index contributed by atoms with van der Waals surface area (Å²) >= 11 is 0. The highest BCUT2D eigenvalue weighted by Crippen LogP contribution is 2.15. The largest absolute Gasteiger partial charge is 0.339 e. The van der Waals surface area contributed by atoms with Gasteiger partial charge in [-0.3, -0.25) is 4.68 Å². The second kappa shape index (κ2) is 5.06. The van der Waals surface area contributed by atoms with Crippen LogP contribution in [0.3, 0.4) is 0 Å². The van der Waals surface area contributed by atoms with E-state index in [1.165, 1.54) is 0 Å². The number of nitrogens with zero attached hydrogens (tertiary/aromatic N) is 4. The van der Waals surface area contributed by atoms with Crippen LogP contribution in [0.15, 0.2) is 47.1 Å². The van der Waals surface area contributed by atoms with Crippen molar-refractivity contribution in [2.24, 2.45) is 0 Å². The van der Waals surface area contributed by atoms with Gasteiger partial charge in [-0.1, -0.05) is 35.5 Å². The van der Waals surface area contributed by atoms with Gasteiger partial charge in [0.2, 0.25) is 11.7 Å². The lowest BCUT2D eigenvalue weighted by atomic mass is 10.2. The van der Waals surface area contributed by atoms with E-state index < -0.39 is 0 Å². The zero-order valence-electron chi connectivity index (χ0n) is 10.7. The smallest absolute Gasteiger partial charge is 0.228 e. The fraction of sp³-hybridized carbons (Fsp3) is 0.214. The summed E-state index contributed by atoms with van der Waals surface area (Å²) in [5, 5.41) is 8.22. The summed E-state index contributed by atoms with van der Waals surface area (Å²) in [7, 11) is 0. The molecular weight excluding hydrogens is 240 g/mol. The highest BCUT2D eigenvalue weighted by molar-refractivity contribution is 5.53. The van der Waals surface area contributed by atoms with Crippen molar-refractivity contribution in [1.29, 1.82) is 0 Å². The summed E-state index contributed by atoms with van der Waals surface area (Å²) in [6, 6.07) is 11.8. The van der Waals surface area contributed by atoms with Crippen LogP contribution < -0.4 is 0 Å². The Kier molecular flexibility index (Phi) is 3.10. The van der Waals surface area contributed by atoms with E-state index in [1.807, 2.05) is 48.0 Å². The number of aromatic nitrogens is 4. The number of hydrogen-bond donors (Lipinski definition) is 0. The molecule has 0 fully saturated rings. The van der Waals surface area contributed by atoms with E-state index in [0.717, 1.165) is 17.8 Å². The highest BCUT2D eigenvalue weighted by Gasteiger charge is 2.08. The fourth-order valence-electron chi connectivity index (χ4n) is 1.90. The summed E-state index contributed by atoms with van der Waals surface area (Å²) in [4.78, 5) is 4.39. The van der Waals surface area contributed by atoms with Crippen molar-refractivity contribution >= 4 is 0 Å². The van der Waals surface area contributed by atoms with Gasteiger partial charge in [0.1, 0.15) is 0 Å². The standard InChI is InChI=1S/C14H14N4O/c1-11-7-9-15-18(11)10-8-13-16-14(17-19-13)12-5-3-2-4-6-12/h2-7,9H,8,10H2,1H3. The van der Waals surface area contributed by atoms with Crippen molar-refractivity contribution in [2.45, 2.75) is 19.9 Å². The number of benzene rings is 1. The van der Waals surface area contributed by atoms with Crippen LogP contribution >= 0.6 is 0 Å². The minimum absolute atomic E-state index is 0.632. The molecule has 0 bridgehead atoms. The van der Waals surface area contributed by atoms with E-state index in [1.54, 1.807) is 6.20 Å². The maximum absolute atomic E-state index is 5.25. The van der Waals surface area contributed by atoms with Gasteiger partial charge in [0.15, 0.2) is 0 Å². The second-order valence-corrected chi connectivity index (χ2v) is 4.32. The number of rotatable bonds is 4. The quantitative estimate of drug-likeness (QED) is 0.717. The van der Waals surface area contributed by atoms with Crippen molar-refractivity contribution in [3.63, 3.8) is 0 Å². The van der Waals surface area contributed by atoms with Gasteiger partial charge in [-0.25, -0.2) is 0 Å². The zero-order chi connectivity index (χ0) is 13.1. The van der Waals surface area contributed by atoms with Gasteiger partial charge in [-0.2, -0.15) is 10.1 Å². The molecule has 2 heterocycles. The van der Waals surface area contributed by atoms with Gasteiger partial charge in [-0.05, 0) is 13.0 Å². The van der Waals surface area contributed by atoms with Crippen LogP contribution in [0.25, 0.3) is 11.4 Å². The molecule has 96 valence electrons. The molecule has 0 saturated heterocycles. The molecule has 0 N–H and O–H groups in total. The van der Waals surface area contributed by atoms with E-state index >= 15 is 0 Å². The first-order valence-corrected chi connectivity index (χ1v) is 6.19. The van der Waals surface area contributed by atoms with Crippen molar-refractivity contribution < 1.29 is 4.52 Å². The predicted octanol–water partition coefficient (Wildman–Crippen LogP) is 2.48. The average molecular weight is 254 g/mol. The highest BCUT2D eigenvalue weighted by atomic mass is 16.5. The maximum atomic E-state index is 5.25. The van der Waals surface area contributed by atoms with E-state index in [4.69, 9.17) is 4.52 Å². The Morgan fingerprint density at radius 2 is 2.00 bits per heavy atom. The van der Waals surface area contributed by atoms with Gasteiger partial charge >= 0.3 is 0 Å². The fourth-order valence-corrected chi connectivity index (χ4v) is 1.90. The molecule has 0 amide bonds. The van der Waals surface area contributed by atoms with E-state index in [9.17, 15) is 0 Å². The number of aryl methyl sites for hydroxylation is 3. The van der Waals surface area contributed by atoms with Crippen LogP contribution in [-0.2, 0) is 13.0 Å². The van der Waals surface area contributed by atoms with Crippen molar-refractivity contribution in [1.82, 2.24) is 19.9 Å². The Hall–Kier alpha value is -2.43. The summed E-state index contributed by atoms with van der Waals surface area (Å²) < 4.78 is 7.18. The molecule has 1 aromatic carbocycles. The molecule has 3 aromatic rings. The molecule has 0 saturated carbocycles. The third-order valence-corrected chi connectivity index (χ3v) is 2.97. The summed E-state index contributed by atoms with van der Waals surface area (Å²) in [5.74, 6) is 1.27. The molecular formula is C14H14N4O. The Balaban J connectivity index is 1.70. The molecule has 0 unspecified atom stereocenters. The van der Waals surface area contributed by atoms with Crippen molar-refractivity contribution in [2.75, 3.05) is 0 Å². The Morgan fingerprint density at radius 1 is 1.16 bits per heavy atom. The maximum Gasteiger partial charge on any atom is 0.228 e. The lowest BCUT2D eigenvalue weighted by Crippen LogP contribution is -2.04. The Morgan fingerprint density at radius 3 is 2.74 bits per heavy atom. The molecule has 5 heteroatoms. The molecule has 2 aromatic heterocycles. The van der Waals surface area contributed by atoms with E-state index in [-0.39, 0.29) is 0 Å². The molecule has 0 radical (unpaired) electrons. The van der Waals surface area contributed by atoms with E-state index in [2.05, 4.69) is 15.2 Å². The molecule has 5 nitrogen and oxygen atoms in total. The van der Waals surface area contributed by atoms with Gasteiger partial charge in [0.05, 0.1) is 0 Å². The third-order valence-electron chi connectivity index (χ3n) is 2.97. The summed E-state index contributed by atoms with van der Waals surface area (Å²) in [6.45, 7) is 2.77. The summed E-state index contributed by atoms with van der Waals surface area (Å²) in [5.41, 5.74) is 2.09. The SMILES string of the molecule is Cc1ccnn1CCc1nc(-c2ccccc2)no1. The second-order valence-electron chi connectivity index (χ2n) is 4.32. The van der Waals surface area contributed by atoms with Crippen LogP contribution in [0.4, 0.5) is 0 Å². The average Bonchev–Trinajstić information content (AvgIpc) is 3.06. The summed E-state index contributed by atoms with van der Waals surface area (Å²) in [6.07, 6.45) is 2.47. The lowest BCUT2D eigenvalue weighted by Gasteiger charge is -2.00. The zero-order valence-corrected chi connectivity index (χ0v) is 10.7. The Labute approximate surface area is 110 Å². The van der Waals surface area contributed by atoms with Crippen LogP contribution in [0, 0.1) is 6.92 Å². The molecule has 3 rings (SSSR count). The monoisotopic (exact) mass is 254 g/mol. The van der Waals surface area contributed by atoms with Gasteiger partial charge in [0, 0.05) is 30.4 Å². The molecule has 0 spiro atoms. The molecule has 19 heavy (non-hydrogen) atoms. The third kappa shape index (κ3) is 2.54. The first-order chi connectivity index (χ1) is 9.33. The minimum Gasteiger partial charge on any atom is -0.339 e. The first kappa shape index (κ1) is 11.6. The van der Waals surface area contributed by atoms with Gasteiger partial charge in [-0.15, -0.1) is 0 Å². The van der Waals surface area contributed by atoms with Crippen LogP contribution in [-0.4, -0.2) is 19.9 Å². The molecule has 0 aliphatic heterocycles. The minimum atomic E-state index is 0.632. The van der Waals surface area contributed by atoms with Gasteiger partial charge in [0.25, 0.3) is 0 Å². The first-order valence-electron chi connectivity index (χ1n) is 6.19. The Bertz CT molecular complexity index is 657. The van der Waals surface area contributed by atoms with Crippen LogP contribution in [0.5, 0.6) is 0 Å². The van der Waals surface area contributed by atoms with Crippen LogP contribution in [0.2, 0.25) is 0 Å². The molecule has 0 atom stereocenters. The normalized spacial score (nSPS) is 10.8. The van der Waals surface area contributed by atoms with Crippen LogP contribution in [0.1, 0.15) is 11.6 Å². The molecule has 0 aliphatic carbocycles. The van der Waals surface area contributed by atoms with Crippen molar-refractivity contribution in [3.8, 4) is 11.4 Å². The molecule has 0 aliphatic rings. The topological polar surface area (TPSA) is 56.7 Å². The lowest BCUT2D eigenvalue weighted by molar-refractivity contribution is 0.368. The van der Waals surface area contributed by atoms with Gasteiger partial charge < -0.3 is 4.52 Å². The number of hydrogen-bond acceptors (Lipinski definition) is 4. The van der Waals surface area contributed by atoms with Crippen molar-refractivity contribution in [3.05, 3.63) is 54.2 Å². The van der Waals surface area contributed by atoms with E-state index in [0.29, 0.717) is 18.1 Å². The predicted molar refractivity (Wildman–Crippen MR) is 70.4 cm³/mol.